The lowest BCUT2D eigenvalue weighted by atomic mass is 9.91. The van der Waals surface area contributed by atoms with E-state index in [9.17, 15) is 64.1 Å². The fourth-order valence-corrected chi connectivity index (χ4v) is 15.0. The van der Waals surface area contributed by atoms with Crippen molar-refractivity contribution in [1.29, 1.82) is 0 Å². The minimum atomic E-state index is -3.28. The SMILES string of the molecule is CC(C)C(O)c1ncc([N+](=O)[O-])n1C.CC(C)C=O.CC1C(C(OP(=O)(N2CC2)N2CC2)C(C)C)=CC=C1[N+](=O)[O-].CC1C(C(OP(=O)(NCCBr)NCCBr)C(C)C)=CC=C1[N+](=O)[O-].Cn1cncc1[N+](=O)[O-].O=P(Cl)(NCCBr)NCCBr. The number of allylic oxidation sites excluding steroid dienone is 6. The Hall–Kier alpha value is -2.81. The molecule has 2 aliphatic carbocycles. The molecule has 0 aromatic carbocycles. The van der Waals surface area contributed by atoms with E-state index in [1.54, 1.807) is 32.2 Å². The first-order valence-corrected chi connectivity index (χ1v) is 37.0. The second-order valence-corrected chi connectivity index (χ2v) is 30.9. The molecular formula is C48H82Br4ClN14O15P3. The van der Waals surface area contributed by atoms with E-state index in [1.165, 1.54) is 34.8 Å². The molecule has 6 rings (SSSR count). The Labute approximate surface area is 535 Å². The summed E-state index contributed by atoms with van der Waals surface area (Å²) in [5.41, 5.74) is 1.94. The second kappa shape index (κ2) is 39.3. The smallest absolute Gasteiger partial charge is 0.346 e. The van der Waals surface area contributed by atoms with E-state index in [1.807, 2.05) is 71.7 Å². The fraction of sp³-hybridized carbons (Fsp3) is 0.688. The van der Waals surface area contributed by atoms with Crippen molar-refractivity contribution in [2.45, 2.75) is 87.5 Å². The van der Waals surface area contributed by atoms with Gasteiger partial charge in [-0.1, -0.05) is 131 Å². The first-order chi connectivity index (χ1) is 39.6. The topological polar surface area (TPSA) is 369 Å². The van der Waals surface area contributed by atoms with Gasteiger partial charge in [0, 0.05) is 91.7 Å². The van der Waals surface area contributed by atoms with Crippen molar-refractivity contribution in [3.8, 4) is 0 Å². The number of nitrogens with one attached hydrogen (secondary N) is 4. The zero-order valence-electron chi connectivity index (χ0n) is 49.7. The molecule has 2 aromatic rings. The summed E-state index contributed by atoms with van der Waals surface area (Å²) < 4.78 is 55.9. The van der Waals surface area contributed by atoms with Crippen LogP contribution in [0.15, 0.2) is 65.6 Å². The Kier molecular flexibility index (Phi) is 37.1. The number of aldehydes is 1. The highest BCUT2D eigenvalue weighted by molar-refractivity contribution is 9.09. The molecular weight excluding hydrogens is 1460 g/mol. The average Bonchev–Trinajstić information content (AvgIpc) is 2.01. The highest BCUT2D eigenvalue weighted by Crippen LogP contribution is 2.63. The maximum absolute atomic E-state index is 13.2. The van der Waals surface area contributed by atoms with Crippen molar-refractivity contribution < 1.29 is 52.3 Å². The molecule has 0 saturated carbocycles. The van der Waals surface area contributed by atoms with Gasteiger partial charge in [-0.2, -0.15) is 0 Å². The normalized spacial score (nSPS) is 17.6. The molecule has 5 N–H and O–H groups in total. The van der Waals surface area contributed by atoms with Crippen LogP contribution < -0.4 is 20.3 Å². The van der Waals surface area contributed by atoms with Crippen molar-refractivity contribution in [2.24, 2.45) is 49.6 Å². The molecule has 2 saturated heterocycles. The maximum Gasteiger partial charge on any atom is 0.346 e. The van der Waals surface area contributed by atoms with E-state index in [2.05, 4.69) is 94.0 Å². The lowest BCUT2D eigenvalue weighted by Crippen LogP contribution is -2.33. The van der Waals surface area contributed by atoms with Gasteiger partial charge in [-0.25, -0.2) is 48.8 Å². The van der Waals surface area contributed by atoms with Gasteiger partial charge in [-0.15, -0.1) is 0 Å². The molecule has 0 radical (unpaired) electrons. The Bertz CT molecular complexity index is 2730. The van der Waals surface area contributed by atoms with Crippen LogP contribution in [0.25, 0.3) is 0 Å². The molecule has 0 bridgehead atoms. The zero-order chi connectivity index (χ0) is 65.2. The quantitative estimate of drug-likeness (QED) is 0.0126. The largest absolute Gasteiger partial charge is 0.383 e. The molecule has 484 valence electrons. The van der Waals surface area contributed by atoms with Crippen molar-refractivity contribution in [3.05, 3.63) is 112 Å². The van der Waals surface area contributed by atoms with Crippen LogP contribution in [0.2, 0.25) is 0 Å². The van der Waals surface area contributed by atoms with Crippen molar-refractivity contribution in [1.82, 2.24) is 48.8 Å². The first kappa shape index (κ1) is 80.2. The molecule has 5 unspecified atom stereocenters. The van der Waals surface area contributed by atoms with E-state index in [-0.39, 0.29) is 74.5 Å². The molecule has 2 aromatic heterocycles. The molecule has 4 heterocycles. The Morgan fingerprint density at radius 1 is 0.659 bits per heavy atom. The van der Waals surface area contributed by atoms with Crippen LogP contribution in [0, 0.1) is 76.0 Å². The number of hydrogen-bond donors (Lipinski definition) is 5. The highest BCUT2D eigenvalue weighted by Gasteiger charge is 2.52. The number of nitrogens with zero attached hydrogens (tertiary/aromatic N) is 10. The molecule has 2 aliphatic heterocycles. The van der Waals surface area contributed by atoms with Crippen molar-refractivity contribution in [3.63, 3.8) is 0 Å². The van der Waals surface area contributed by atoms with Crippen LogP contribution in [-0.4, -0.2) is 145 Å². The summed E-state index contributed by atoms with van der Waals surface area (Å²) >= 11 is 18.6. The predicted octanol–water partition coefficient (Wildman–Crippen LogP) is 10.8. The Morgan fingerprint density at radius 2 is 1.05 bits per heavy atom. The van der Waals surface area contributed by atoms with Gasteiger partial charge in [-0.3, -0.25) is 43.0 Å². The van der Waals surface area contributed by atoms with Crippen LogP contribution in [-0.2, 0) is 41.6 Å². The number of rotatable bonds is 29. The van der Waals surface area contributed by atoms with E-state index in [0.29, 0.717) is 42.7 Å². The zero-order valence-corrected chi connectivity index (χ0v) is 59.4. The average molecular weight is 1540 g/mol. The number of aromatic nitrogens is 4. The molecule has 29 nitrogen and oxygen atoms in total. The van der Waals surface area contributed by atoms with Gasteiger partial charge in [0.05, 0.1) is 48.0 Å². The number of aryl methyl sites for hydroxylation is 1. The molecule has 4 aliphatic rings. The van der Waals surface area contributed by atoms with Gasteiger partial charge in [0.15, 0.2) is 6.33 Å². The summed E-state index contributed by atoms with van der Waals surface area (Å²) in [7, 11) is -3.12. The number of aliphatic hydroxyl groups excluding tert-OH is 1. The summed E-state index contributed by atoms with van der Waals surface area (Å²) in [5, 5.41) is 66.3. The predicted molar refractivity (Wildman–Crippen MR) is 344 cm³/mol. The summed E-state index contributed by atoms with van der Waals surface area (Å²) in [6.07, 6.45) is 9.57. The second-order valence-electron chi connectivity index (χ2n) is 20.4. The van der Waals surface area contributed by atoms with Crippen molar-refractivity contribution in [2.75, 3.05) is 73.7 Å². The highest BCUT2D eigenvalue weighted by atomic mass is 79.9. The summed E-state index contributed by atoms with van der Waals surface area (Å²) in [6, 6.07) is 0. The number of hydrogen-bond acceptors (Lipinski definition) is 17. The summed E-state index contributed by atoms with van der Waals surface area (Å²) in [6.45, 7) is 21.3. The van der Waals surface area contributed by atoms with E-state index in [0.717, 1.165) is 60.5 Å². The van der Waals surface area contributed by atoms with Crippen LogP contribution in [0.4, 0.5) is 11.6 Å². The van der Waals surface area contributed by atoms with Gasteiger partial charge in [0.2, 0.25) is 5.82 Å². The van der Waals surface area contributed by atoms with E-state index >= 15 is 0 Å². The number of halogens is 5. The van der Waals surface area contributed by atoms with Gasteiger partial charge in [0.25, 0.3) is 18.2 Å². The molecule has 5 atom stereocenters. The number of carbonyl (C=O) groups is 1. The van der Waals surface area contributed by atoms with Crippen LogP contribution in [0.3, 0.4) is 0 Å². The fourth-order valence-electron chi connectivity index (χ4n) is 7.37. The van der Waals surface area contributed by atoms with Crippen molar-refractivity contribution >= 4 is 115 Å². The lowest BCUT2D eigenvalue weighted by Gasteiger charge is -2.30. The summed E-state index contributed by atoms with van der Waals surface area (Å²) in [5.74, 6) is -0.149. The standard InChI is InChI=1S/C14H24Br2N3O4P.C14H22N3O4P.C8H13N3O3.C4H10Br2ClN2OP.C4H5N3O2.C4H8O/c1-10(2)14(12-4-5-13(11(12)3)19(20)21)23-24(22,17-8-6-15)18-9-7-16;1-10(2)14(12-4-5-13(11(12)3)17(18)19)21-22(20,15-6-7-15)16-8-9-16;1-5(2)7(12)8-9-4-6(10(8)3)11(13)14;5-1-3-8-11(7,10)9-4-2-6;1-6-3-5-2-4(6)7(8)9;1-4(2)3-5/h4-5,10-11,14H,6-9H2,1-3H3,(H2,17,18,22);4-5,10-11,14H,6-9H2,1-3H3;4-5,7,12H,1-3H3;1-4H2,(H2,8,9,10);2-3H,1H3;3-4H,1-2H3. The molecule has 0 amide bonds. The third-order valence-electron chi connectivity index (χ3n) is 12.1. The number of imidazole rings is 2. The Balaban J connectivity index is 0.000000542. The molecule has 0 spiro atoms. The number of aliphatic hydroxyl groups is 1. The first-order valence-electron chi connectivity index (χ1n) is 26.8. The molecule has 37 heteroatoms. The minimum absolute atomic E-state index is 0.00926. The maximum atomic E-state index is 13.2. The van der Waals surface area contributed by atoms with Gasteiger partial charge < -0.3 is 30.1 Å². The third-order valence-corrected chi connectivity index (χ3v) is 20.2. The van der Waals surface area contributed by atoms with E-state index in [4.69, 9.17) is 20.3 Å². The number of alkyl halides is 4. The number of carbonyl (C=O) groups excluding carboxylic acids is 1. The van der Waals surface area contributed by atoms with E-state index < -0.39 is 44.2 Å². The van der Waals surface area contributed by atoms with Crippen LogP contribution in [0.5, 0.6) is 0 Å². The number of nitro groups is 4. The van der Waals surface area contributed by atoms with Crippen LogP contribution in [0.1, 0.15) is 81.2 Å². The molecule has 2 fully saturated rings. The summed E-state index contributed by atoms with van der Waals surface area (Å²) in [4.78, 5) is 57.8. The Morgan fingerprint density at radius 3 is 1.32 bits per heavy atom. The lowest BCUT2D eigenvalue weighted by molar-refractivity contribution is -0.431. The van der Waals surface area contributed by atoms with Gasteiger partial charge in [-0.05, 0) is 63.8 Å². The van der Waals surface area contributed by atoms with Crippen LogP contribution >= 0.6 is 97.1 Å². The van der Waals surface area contributed by atoms with Gasteiger partial charge >= 0.3 is 27.0 Å². The third kappa shape index (κ3) is 27.5. The minimum Gasteiger partial charge on any atom is -0.383 e. The molecule has 85 heavy (non-hydrogen) atoms. The monoisotopic (exact) mass is 1540 g/mol. The van der Waals surface area contributed by atoms with Gasteiger partial charge in [0.1, 0.15) is 24.8 Å².